The standard InChI is InChI=1S/C15H23BrN2O/c1-17-9-13-4-3-7-18(11-13)10-12-5-6-15(19-2)14(16)8-12/h5-6,8,13,17H,3-4,7,9-11H2,1-2H3. The predicted octanol–water partition coefficient (Wildman–Crippen LogP) is 2.89. The predicted molar refractivity (Wildman–Crippen MR) is 82.6 cm³/mol. The molecule has 19 heavy (non-hydrogen) atoms. The fourth-order valence-corrected chi connectivity index (χ4v) is 3.40. The summed E-state index contributed by atoms with van der Waals surface area (Å²) in [6.45, 7) is 4.57. The van der Waals surface area contributed by atoms with Gasteiger partial charge in [0, 0.05) is 13.1 Å². The lowest BCUT2D eigenvalue weighted by molar-refractivity contribution is 0.167. The molecule has 3 nitrogen and oxygen atoms in total. The SMILES string of the molecule is CNCC1CCCN(Cc2ccc(OC)c(Br)c2)C1. The number of hydrogen-bond donors (Lipinski definition) is 1. The number of piperidine rings is 1. The van der Waals surface area contributed by atoms with Crippen molar-refractivity contribution in [2.24, 2.45) is 5.92 Å². The second-order valence-electron chi connectivity index (χ2n) is 5.27. The molecular formula is C15H23BrN2O. The van der Waals surface area contributed by atoms with Gasteiger partial charge in [0.15, 0.2) is 0 Å². The van der Waals surface area contributed by atoms with Crippen LogP contribution >= 0.6 is 15.9 Å². The van der Waals surface area contributed by atoms with Crippen LogP contribution in [0.2, 0.25) is 0 Å². The molecular weight excluding hydrogens is 304 g/mol. The van der Waals surface area contributed by atoms with Crippen molar-refractivity contribution >= 4 is 15.9 Å². The summed E-state index contributed by atoms with van der Waals surface area (Å²) in [5, 5.41) is 3.30. The molecule has 4 heteroatoms. The molecule has 0 aliphatic carbocycles. The van der Waals surface area contributed by atoms with Crippen LogP contribution in [0, 0.1) is 5.92 Å². The first-order valence-corrected chi connectivity index (χ1v) is 7.71. The van der Waals surface area contributed by atoms with Crippen LogP contribution in [0.3, 0.4) is 0 Å². The monoisotopic (exact) mass is 326 g/mol. The second kappa shape index (κ2) is 7.27. The van der Waals surface area contributed by atoms with E-state index in [-0.39, 0.29) is 0 Å². The van der Waals surface area contributed by atoms with Crippen LogP contribution < -0.4 is 10.1 Å². The minimum atomic E-state index is 0.792. The molecule has 0 aromatic heterocycles. The average Bonchev–Trinajstić information content (AvgIpc) is 2.40. The number of rotatable bonds is 5. The summed E-state index contributed by atoms with van der Waals surface area (Å²) in [5.41, 5.74) is 1.35. The summed E-state index contributed by atoms with van der Waals surface area (Å²) in [5.74, 6) is 1.69. The zero-order valence-electron chi connectivity index (χ0n) is 11.8. The van der Waals surface area contributed by atoms with E-state index in [4.69, 9.17) is 4.74 Å². The minimum absolute atomic E-state index is 0.792. The number of ether oxygens (including phenoxy) is 1. The first-order chi connectivity index (χ1) is 9.22. The van der Waals surface area contributed by atoms with Gasteiger partial charge in [0.25, 0.3) is 0 Å². The summed E-state index contributed by atoms with van der Waals surface area (Å²) < 4.78 is 6.31. The molecule has 1 N–H and O–H groups in total. The molecule has 1 aliphatic rings. The highest BCUT2D eigenvalue weighted by Gasteiger charge is 2.19. The van der Waals surface area contributed by atoms with E-state index in [0.717, 1.165) is 29.2 Å². The molecule has 1 aromatic rings. The van der Waals surface area contributed by atoms with Crippen molar-refractivity contribution in [2.45, 2.75) is 19.4 Å². The molecule has 106 valence electrons. The topological polar surface area (TPSA) is 24.5 Å². The number of hydrogen-bond acceptors (Lipinski definition) is 3. The number of benzene rings is 1. The van der Waals surface area contributed by atoms with Crippen molar-refractivity contribution in [3.05, 3.63) is 28.2 Å². The lowest BCUT2D eigenvalue weighted by Crippen LogP contribution is -2.38. The molecule has 1 aromatic carbocycles. The molecule has 0 spiro atoms. The zero-order valence-corrected chi connectivity index (χ0v) is 13.4. The molecule has 1 saturated heterocycles. The van der Waals surface area contributed by atoms with Crippen molar-refractivity contribution in [1.29, 1.82) is 0 Å². The highest BCUT2D eigenvalue weighted by Crippen LogP contribution is 2.27. The van der Waals surface area contributed by atoms with Crippen LogP contribution in [0.4, 0.5) is 0 Å². The molecule has 1 heterocycles. The third-order valence-electron chi connectivity index (χ3n) is 3.72. The van der Waals surface area contributed by atoms with E-state index in [1.807, 2.05) is 13.1 Å². The normalized spacial score (nSPS) is 20.5. The Kier molecular flexibility index (Phi) is 5.67. The number of likely N-dealkylation sites (tertiary alicyclic amines) is 1. The van der Waals surface area contributed by atoms with Crippen molar-refractivity contribution in [3.63, 3.8) is 0 Å². The zero-order chi connectivity index (χ0) is 13.7. The van der Waals surface area contributed by atoms with Crippen LogP contribution in [0.25, 0.3) is 0 Å². The lowest BCUT2D eigenvalue weighted by atomic mass is 9.97. The number of nitrogens with zero attached hydrogens (tertiary/aromatic N) is 1. The van der Waals surface area contributed by atoms with Crippen LogP contribution in [-0.4, -0.2) is 38.7 Å². The lowest BCUT2D eigenvalue weighted by Gasteiger charge is -2.32. The van der Waals surface area contributed by atoms with E-state index in [1.54, 1.807) is 7.11 Å². The Morgan fingerprint density at radius 1 is 1.47 bits per heavy atom. The fourth-order valence-electron chi connectivity index (χ4n) is 2.82. The summed E-state index contributed by atoms with van der Waals surface area (Å²) in [4.78, 5) is 2.56. The van der Waals surface area contributed by atoms with E-state index in [0.29, 0.717) is 0 Å². The molecule has 1 unspecified atom stereocenters. The smallest absolute Gasteiger partial charge is 0.133 e. The Morgan fingerprint density at radius 2 is 2.32 bits per heavy atom. The van der Waals surface area contributed by atoms with E-state index in [1.165, 1.54) is 31.5 Å². The largest absolute Gasteiger partial charge is 0.496 e. The molecule has 0 saturated carbocycles. The Labute approximate surface area is 124 Å². The quantitative estimate of drug-likeness (QED) is 0.900. The molecule has 1 atom stereocenters. The van der Waals surface area contributed by atoms with Crippen LogP contribution in [-0.2, 0) is 6.54 Å². The molecule has 1 fully saturated rings. The molecule has 2 rings (SSSR count). The van der Waals surface area contributed by atoms with Gasteiger partial charge in [-0.2, -0.15) is 0 Å². The highest BCUT2D eigenvalue weighted by atomic mass is 79.9. The maximum Gasteiger partial charge on any atom is 0.133 e. The molecule has 0 radical (unpaired) electrons. The van der Waals surface area contributed by atoms with Gasteiger partial charge in [0.05, 0.1) is 11.6 Å². The maximum absolute atomic E-state index is 5.27. The van der Waals surface area contributed by atoms with Gasteiger partial charge in [0.2, 0.25) is 0 Å². The van der Waals surface area contributed by atoms with E-state index >= 15 is 0 Å². The first-order valence-electron chi connectivity index (χ1n) is 6.92. The van der Waals surface area contributed by atoms with Gasteiger partial charge in [-0.15, -0.1) is 0 Å². The number of halogens is 1. The van der Waals surface area contributed by atoms with Crippen molar-refractivity contribution in [1.82, 2.24) is 10.2 Å². The van der Waals surface area contributed by atoms with Gasteiger partial charge in [-0.05, 0) is 72.5 Å². The molecule has 0 amide bonds. The highest BCUT2D eigenvalue weighted by molar-refractivity contribution is 9.10. The Morgan fingerprint density at radius 3 is 3.00 bits per heavy atom. The van der Waals surface area contributed by atoms with Gasteiger partial charge in [0.1, 0.15) is 5.75 Å². The Balaban J connectivity index is 1.94. The second-order valence-corrected chi connectivity index (χ2v) is 6.12. The summed E-state index contributed by atoms with van der Waals surface area (Å²) in [6, 6.07) is 6.36. The van der Waals surface area contributed by atoms with E-state index < -0.39 is 0 Å². The minimum Gasteiger partial charge on any atom is -0.496 e. The maximum atomic E-state index is 5.27. The van der Waals surface area contributed by atoms with Crippen LogP contribution in [0.5, 0.6) is 5.75 Å². The van der Waals surface area contributed by atoms with Gasteiger partial charge in [-0.1, -0.05) is 6.07 Å². The summed E-state index contributed by atoms with van der Waals surface area (Å²) >= 11 is 3.56. The van der Waals surface area contributed by atoms with Gasteiger partial charge in [-0.3, -0.25) is 4.90 Å². The Bertz CT molecular complexity index is 409. The van der Waals surface area contributed by atoms with Gasteiger partial charge < -0.3 is 10.1 Å². The van der Waals surface area contributed by atoms with Crippen LogP contribution in [0.1, 0.15) is 18.4 Å². The first kappa shape index (κ1) is 14.8. The third kappa shape index (κ3) is 4.20. The summed E-state index contributed by atoms with van der Waals surface area (Å²) in [6.07, 6.45) is 2.66. The number of nitrogens with one attached hydrogen (secondary N) is 1. The summed E-state index contributed by atoms with van der Waals surface area (Å²) in [7, 11) is 3.74. The van der Waals surface area contributed by atoms with Crippen molar-refractivity contribution in [2.75, 3.05) is 33.8 Å². The van der Waals surface area contributed by atoms with E-state index in [2.05, 4.69) is 38.3 Å². The van der Waals surface area contributed by atoms with Crippen LogP contribution in [0.15, 0.2) is 22.7 Å². The van der Waals surface area contributed by atoms with Gasteiger partial charge >= 0.3 is 0 Å². The van der Waals surface area contributed by atoms with E-state index in [9.17, 15) is 0 Å². The molecule has 0 bridgehead atoms. The number of methoxy groups -OCH3 is 1. The van der Waals surface area contributed by atoms with Crippen molar-refractivity contribution < 1.29 is 4.74 Å². The van der Waals surface area contributed by atoms with Crippen molar-refractivity contribution in [3.8, 4) is 5.75 Å². The Hall–Kier alpha value is -0.580. The average molecular weight is 327 g/mol. The third-order valence-corrected chi connectivity index (χ3v) is 4.34. The molecule has 1 aliphatic heterocycles. The fraction of sp³-hybridized carbons (Fsp3) is 0.600. The van der Waals surface area contributed by atoms with Gasteiger partial charge in [-0.25, -0.2) is 0 Å².